The SMILES string of the molecule is NC(CCN1CCCCCC1=O)C(=O)O. The molecule has 1 aliphatic rings. The van der Waals surface area contributed by atoms with Gasteiger partial charge in [-0.1, -0.05) is 6.42 Å². The number of nitrogens with two attached hydrogens (primary N) is 1. The van der Waals surface area contributed by atoms with E-state index in [1.807, 2.05) is 0 Å². The first kappa shape index (κ1) is 12.0. The number of carbonyl (C=O) groups is 2. The highest BCUT2D eigenvalue weighted by Gasteiger charge is 2.19. The Balaban J connectivity index is 2.35. The molecule has 0 aromatic carbocycles. The predicted molar refractivity (Wildman–Crippen MR) is 55.3 cm³/mol. The predicted octanol–water partition coefficient (Wildman–Crippen LogP) is 0.191. The lowest BCUT2D eigenvalue weighted by atomic mass is 10.2. The third kappa shape index (κ3) is 3.87. The second-order valence-electron chi connectivity index (χ2n) is 3.92. The molecule has 1 saturated heterocycles. The molecule has 0 aliphatic carbocycles. The molecule has 1 atom stereocenters. The molecule has 1 heterocycles. The Hall–Kier alpha value is -1.10. The highest BCUT2D eigenvalue weighted by Crippen LogP contribution is 2.11. The van der Waals surface area contributed by atoms with Crippen molar-refractivity contribution in [3.05, 3.63) is 0 Å². The zero-order chi connectivity index (χ0) is 11.3. The van der Waals surface area contributed by atoms with Gasteiger partial charge in [-0.3, -0.25) is 9.59 Å². The summed E-state index contributed by atoms with van der Waals surface area (Å²) in [6, 6.07) is -0.860. The van der Waals surface area contributed by atoms with Crippen LogP contribution in [-0.4, -0.2) is 41.0 Å². The van der Waals surface area contributed by atoms with E-state index in [9.17, 15) is 9.59 Å². The van der Waals surface area contributed by atoms with Gasteiger partial charge >= 0.3 is 5.97 Å². The number of carboxylic acid groups (broad SMARTS) is 1. The average molecular weight is 214 g/mol. The topological polar surface area (TPSA) is 83.6 Å². The smallest absolute Gasteiger partial charge is 0.320 e. The fourth-order valence-corrected chi connectivity index (χ4v) is 1.69. The standard InChI is InChI=1S/C10H18N2O3/c11-8(10(14)15)5-7-12-6-3-1-2-4-9(12)13/h8H,1-7,11H2,(H,14,15). The van der Waals surface area contributed by atoms with Crippen LogP contribution in [0.15, 0.2) is 0 Å². The molecule has 0 radical (unpaired) electrons. The summed E-state index contributed by atoms with van der Waals surface area (Å²) in [5.74, 6) is -0.873. The molecule has 1 amide bonds. The molecule has 0 bridgehead atoms. The van der Waals surface area contributed by atoms with Crippen molar-refractivity contribution in [2.45, 2.75) is 38.1 Å². The highest BCUT2D eigenvalue weighted by atomic mass is 16.4. The Morgan fingerprint density at radius 3 is 2.87 bits per heavy atom. The summed E-state index contributed by atoms with van der Waals surface area (Å²) in [5.41, 5.74) is 5.38. The van der Waals surface area contributed by atoms with Crippen LogP contribution < -0.4 is 5.73 Å². The van der Waals surface area contributed by atoms with Crippen molar-refractivity contribution in [1.29, 1.82) is 0 Å². The number of carbonyl (C=O) groups excluding carboxylic acids is 1. The van der Waals surface area contributed by atoms with Gasteiger partial charge in [-0.15, -0.1) is 0 Å². The third-order valence-electron chi connectivity index (χ3n) is 2.70. The van der Waals surface area contributed by atoms with Gasteiger partial charge in [0.25, 0.3) is 0 Å². The number of likely N-dealkylation sites (tertiary alicyclic amines) is 1. The Kier molecular flexibility index (Phi) is 4.55. The lowest BCUT2D eigenvalue weighted by Gasteiger charge is -2.21. The summed E-state index contributed by atoms with van der Waals surface area (Å²) in [6.45, 7) is 1.21. The third-order valence-corrected chi connectivity index (χ3v) is 2.70. The first-order chi connectivity index (χ1) is 7.11. The largest absolute Gasteiger partial charge is 0.480 e. The van der Waals surface area contributed by atoms with Crippen LogP contribution in [0, 0.1) is 0 Å². The van der Waals surface area contributed by atoms with Crippen LogP contribution in [0.3, 0.4) is 0 Å². The molecule has 5 nitrogen and oxygen atoms in total. The molecular formula is C10H18N2O3. The van der Waals surface area contributed by atoms with Gasteiger partial charge in [0.1, 0.15) is 6.04 Å². The van der Waals surface area contributed by atoms with Crippen molar-refractivity contribution in [3.8, 4) is 0 Å². The maximum Gasteiger partial charge on any atom is 0.320 e. The van der Waals surface area contributed by atoms with Gasteiger partial charge in [-0.2, -0.15) is 0 Å². The van der Waals surface area contributed by atoms with Crippen LogP contribution in [-0.2, 0) is 9.59 Å². The van der Waals surface area contributed by atoms with Gasteiger partial charge in [0, 0.05) is 19.5 Å². The zero-order valence-corrected chi connectivity index (χ0v) is 8.82. The lowest BCUT2D eigenvalue weighted by molar-refractivity contribution is -0.139. The maximum atomic E-state index is 11.5. The van der Waals surface area contributed by atoms with Crippen LogP contribution in [0.25, 0.3) is 0 Å². The number of amides is 1. The van der Waals surface area contributed by atoms with Crippen LogP contribution in [0.1, 0.15) is 32.1 Å². The molecule has 0 spiro atoms. The summed E-state index contributed by atoms with van der Waals surface area (Å²) in [5, 5.41) is 8.60. The lowest BCUT2D eigenvalue weighted by Crippen LogP contribution is -2.38. The summed E-state index contributed by atoms with van der Waals surface area (Å²) in [4.78, 5) is 23.8. The van der Waals surface area contributed by atoms with Gasteiger partial charge in [-0.25, -0.2) is 0 Å². The zero-order valence-electron chi connectivity index (χ0n) is 8.82. The van der Waals surface area contributed by atoms with Crippen molar-refractivity contribution >= 4 is 11.9 Å². The van der Waals surface area contributed by atoms with Crippen molar-refractivity contribution in [3.63, 3.8) is 0 Å². The number of carboxylic acids is 1. The van der Waals surface area contributed by atoms with E-state index in [4.69, 9.17) is 10.8 Å². The number of hydrogen-bond acceptors (Lipinski definition) is 3. The highest BCUT2D eigenvalue weighted by molar-refractivity contribution is 5.76. The molecule has 5 heteroatoms. The van der Waals surface area contributed by atoms with E-state index in [1.54, 1.807) is 4.90 Å². The van der Waals surface area contributed by atoms with E-state index in [1.165, 1.54) is 0 Å². The van der Waals surface area contributed by atoms with Crippen molar-refractivity contribution in [2.75, 3.05) is 13.1 Å². The summed E-state index contributed by atoms with van der Waals surface area (Å²) < 4.78 is 0. The summed E-state index contributed by atoms with van der Waals surface area (Å²) >= 11 is 0. The van der Waals surface area contributed by atoms with Crippen molar-refractivity contribution in [1.82, 2.24) is 4.90 Å². The van der Waals surface area contributed by atoms with E-state index < -0.39 is 12.0 Å². The Morgan fingerprint density at radius 2 is 2.20 bits per heavy atom. The minimum absolute atomic E-state index is 0.130. The van der Waals surface area contributed by atoms with Gasteiger partial charge in [0.05, 0.1) is 0 Å². The van der Waals surface area contributed by atoms with E-state index in [0.717, 1.165) is 25.8 Å². The molecule has 3 N–H and O–H groups in total. The van der Waals surface area contributed by atoms with Gasteiger partial charge in [0.15, 0.2) is 0 Å². The van der Waals surface area contributed by atoms with Crippen LogP contribution >= 0.6 is 0 Å². The van der Waals surface area contributed by atoms with Crippen LogP contribution in [0.2, 0.25) is 0 Å². The normalized spacial score (nSPS) is 19.8. The Bertz CT molecular complexity index is 243. The number of nitrogens with zero attached hydrogens (tertiary/aromatic N) is 1. The van der Waals surface area contributed by atoms with Crippen molar-refractivity contribution in [2.24, 2.45) is 5.73 Å². The summed E-state index contributed by atoms with van der Waals surface area (Å²) in [7, 11) is 0. The second kappa shape index (κ2) is 5.70. The maximum absolute atomic E-state index is 11.5. The van der Waals surface area contributed by atoms with E-state index in [-0.39, 0.29) is 5.91 Å². The Labute approximate surface area is 89.2 Å². The van der Waals surface area contributed by atoms with Crippen LogP contribution in [0.4, 0.5) is 0 Å². The monoisotopic (exact) mass is 214 g/mol. The molecular weight excluding hydrogens is 196 g/mol. The molecule has 0 aromatic heterocycles. The summed E-state index contributed by atoms with van der Waals surface area (Å²) in [6.07, 6.45) is 3.95. The first-order valence-corrected chi connectivity index (χ1v) is 5.37. The second-order valence-corrected chi connectivity index (χ2v) is 3.92. The van der Waals surface area contributed by atoms with Gasteiger partial charge in [-0.05, 0) is 19.3 Å². The van der Waals surface area contributed by atoms with Gasteiger partial charge < -0.3 is 15.7 Å². The Morgan fingerprint density at radius 1 is 1.47 bits per heavy atom. The number of rotatable bonds is 4. The molecule has 1 unspecified atom stereocenters. The fraction of sp³-hybridized carbons (Fsp3) is 0.800. The molecule has 1 rings (SSSR count). The van der Waals surface area contributed by atoms with E-state index in [2.05, 4.69) is 0 Å². The van der Waals surface area contributed by atoms with Crippen LogP contribution in [0.5, 0.6) is 0 Å². The quantitative estimate of drug-likeness (QED) is 0.699. The minimum Gasteiger partial charge on any atom is -0.480 e. The van der Waals surface area contributed by atoms with E-state index >= 15 is 0 Å². The minimum atomic E-state index is -1.00. The molecule has 0 saturated carbocycles. The number of hydrogen-bond donors (Lipinski definition) is 2. The average Bonchev–Trinajstić information content (AvgIpc) is 2.39. The molecule has 15 heavy (non-hydrogen) atoms. The van der Waals surface area contributed by atoms with Gasteiger partial charge in [0.2, 0.25) is 5.91 Å². The molecule has 86 valence electrons. The molecule has 0 aromatic rings. The molecule has 1 fully saturated rings. The first-order valence-electron chi connectivity index (χ1n) is 5.37. The fourth-order valence-electron chi connectivity index (χ4n) is 1.69. The number of aliphatic carboxylic acids is 1. The van der Waals surface area contributed by atoms with Crippen molar-refractivity contribution < 1.29 is 14.7 Å². The van der Waals surface area contributed by atoms with E-state index in [0.29, 0.717) is 19.4 Å². The molecule has 1 aliphatic heterocycles.